The van der Waals surface area contributed by atoms with Gasteiger partial charge in [-0.05, 0) is 39.5 Å². The number of aliphatic carboxylic acids is 1. The number of carbonyl (C=O) groups is 1. The Kier molecular flexibility index (Phi) is 5.03. The van der Waals surface area contributed by atoms with Crippen LogP contribution in [0, 0.1) is 0 Å². The molecule has 2 atom stereocenters. The van der Waals surface area contributed by atoms with Gasteiger partial charge in [0.25, 0.3) is 0 Å². The van der Waals surface area contributed by atoms with Crippen LogP contribution in [0.5, 0.6) is 0 Å². The largest absolute Gasteiger partial charge is 0.480 e. The van der Waals surface area contributed by atoms with Crippen LogP contribution >= 0.6 is 11.8 Å². The molecule has 1 aliphatic carbocycles. The number of nitrogens with two attached hydrogens (primary N) is 1. The second kappa shape index (κ2) is 6.24. The molecule has 1 heterocycles. The Bertz CT molecular complexity index is 353. The maximum Gasteiger partial charge on any atom is 0.321 e. The van der Waals surface area contributed by atoms with Crippen molar-refractivity contribution in [2.24, 2.45) is 5.73 Å². The summed E-state index contributed by atoms with van der Waals surface area (Å²) in [5.41, 5.74) is 5.90. The molecule has 116 valence electrons. The Hall–Kier alpha value is -0.260. The van der Waals surface area contributed by atoms with E-state index in [0.29, 0.717) is 0 Å². The standard InChI is InChI=1S/C15H27NO3S/c1-14(2,12(16)13(17)18)20-10-11-6-9-15(19-11)7-4-3-5-8-15/h11-12H,3-10,16H2,1-2H3,(H,17,18)/t11?,12-/m1/s1. The van der Waals surface area contributed by atoms with Gasteiger partial charge in [-0.2, -0.15) is 11.8 Å². The summed E-state index contributed by atoms with van der Waals surface area (Å²) < 4.78 is 5.86. The summed E-state index contributed by atoms with van der Waals surface area (Å²) in [6.45, 7) is 3.81. The quantitative estimate of drug-likeness (QED) is 0.817. The summed E-state index contributed by atoms with van der Waals surface area (Å²) >= 11 is 1.63. The molecule has 2 fully saturated rings. The van der Waals surface area contributed by atoms with Gasteiger partial charge < -0.3 is 15.6 Å². The minimum Gasteiger partial charge on any atom is -0.480 e. The Morgan fingerprint density at radius 3 is 2.65 bits per heavy atom. The van der Waals surface area contributed by atoms with Crippen molar-refractivity contribution in [1.82, 2.24) is 0 Å². The molecular formula is C15H27NO3S. The summed E-state index contributed by atoms with van der Waals surface area (Å²) in [6, 6.07) is -0.836. The molecule has 0 aromatic rings. The minimum atomic E-state index is -0.932. The van der Waals surface area contributed by atoms with Crippen LogP contribution in [0.4, 0.5) is 0 Å². The fourth-order valence-electron chi connectivity index (χ4n) is 3.27. The van der Waals surface area contributed by atoms with E-state index in [2.05, 4.69) is 0 Å². The SMILES string of the molecule is CC(C)(SCC1CCC2(CCCCC2)O1)[C@H](N)C(=O)O. The minimum absolute atomic E-state index is 0.141. The lowest BCUT2D eigenvalue weighted by atomic mass is 9.83. The molecule has 0 radical (unpaired) electrons. The molecule has 2 aliphatic rings. The van der Waals surface area contributed by atoms with Gasteiger partial charge >= 0.3 is 5.97 Å². The molecule has 3 N–H and O–H groups in total. The average molecular weight is 301 g/mol. The highest BCUT2D eigenvalue weighted by molar-refractivity contribution is 8.00. The zero-order valence-electron chi connectivity index (χ0n) is 12.6. The second-order valence-corrected chi connectivity index (χ2v) is 8.43. The third-order valence-corrected chi connectivity index (χ3v) is 6.30. The second-order valence-electron chi connectivity index (χ2n) is 6.75. The van der Waals surface area contributed by atoms with Crippen molar-refractivity contribution >= 4 is 17.7 Å². The highest BCUT2D eigenvalue weighted by Crippen LogP contribution is 2.43. The van der Waals surface area contributed by atoms with Crippen molar-refractivity contribution in [3.05, 3.63) is 0 Å². The molecule has 20 heavy (non-hydrogen) atoms. The molecule has 1 saturated heterocycles. The van der Waals surface area contributed by atoms with Gasteiger partial charge in [0.1, 0.15) is 6.04 Å². The summed E-state index contributed by atoms with van der Waals surface area (Å²) in [5, 5.41) is 9.04. The van der Waals surface area contributed by atoms with Gasteiger partial charge in [-0.1, -0.05) is 19.3 Å². The molecule has 4 nitrogen and oxygen atoms in total. The highest BCUT2D eigenvalue weighted by Gasteiger charge is 2.42. The van der Waals surface area contributed by atoms with Crippen molar-refractivity contribution in [3.8, 4) is 0 Å². The third-order valence-electron chi connectivity index (χ3n) is 4.76. The van der Waals surface area contributed by atoms with Gasteiger partial charge in [0.2, 0.25) is 0 Å². The zero-order chi connectivity index (χ0) is 14.8. The van der Waals surface area contributed by atoms with E-state index in [9.17, 15) is 4.79 Å². The molecule has 0 aromatic carbocycles. The Balaban J connectivity index is 1.82. The van der Waals surface area contributed by atoms with Gasteiger partial charge in [-0.25, -0.2) is 0 Å². The molecule has 1 aliphatic heterocycles. The Morgan fingerprint density at radius 1 is 1.40 bits per heavy atom. The molecule has 1 unspecified atom stereocenters. The normalized spacial score (nSPS) is 27.6. The van der Waals surface area contributed by atoms with E-state index in [4.69, 9.17) is 15.6 Å². The van der Waals surface area contributed by atoms with Gasteiger partial charge in [0, 0.05) is 10.5 Å². The Labute approximate surface area is 125 Å². The molecule has 2 rings (SSSR count). The average Bonchev–Trinajstić information content (AvgIpc) is 2.79. The van der Waals surface area contributed by atoms with Crippen LogP contribution in [0.3, 0.4) is 0 Å². The molecule has 1 spiro atoms. The summed E-state index contributed by atoms with van der Waals surface area (Å²) in [4.78, 5) is 11.0. The number of carboxylic acids is 1. The van der Waals surface area contributed by atoms with Crippen LogP contribution in [0.25, 0.3) is 0 Å². The molecule has 0 aromatic heterocycles. The molecule has 1 saturated carbocycles. The van der Waals surface area contributed by atoms with Gasteiger partial charge in [-0.3, -0.25) is 4.79 Å². The molecule has 5 heteroatoms. The zero-order valence-corrected chi connectivity index (χ0v) is 13.4. The fraction of sp³-hybridized carbons (Fsp3) is 0.933. The monoisotopic (exact) mass is 301 g/mol. The van der Waals surface area contributed by atoms with Crippen molar-refractivity contribution in [2.75, 3.05) is 5.75 Å². The number of hydrogen-bond donors (Lipinski definition) is 2. The molecule has 0 amide bonds. The van der Waals surface area contributed by atoms with Crippen molar-refractivity contribution in [3.63, 3.8) is 0 Å². The summed E-state index contributed by atoms with van der Waals surface area (Å²) in [5.74, 6) is -0.0889. The molecular weight excluding hydrogens is 274 g/mol. The first kappa shape index (κ1) is 16.1. The van der Waals surface area contributed by atoms with Crippen LogP contribution in [-0.4, -0.2) is 39.3 Å². The van der Waals surface area contributed by atoms with Crippen LogP contribution in [-0.2, 0) is 9.53 Å². The first-order valence-electron chi connectivity index (χ1n) is 7.65. The van der Waals surface area contributed by atoms with Gasteiger partial charge in [0.05, 0.1) is 11.7 Å². The van der Waals surface area contributed by atoms with Crippen LogP contribution < -0.4 is 5.73 Å². The number of hydrogen-bond acceptors (Lipinski definition) is 4. The number of carboxylic acid groups (broad SMARTS) is 1. The van der Waals surface area contributed by atoms with E-state index in [1.807, 2.05) is 13.8 Å². The lowest BCUT2D eigenvalue weighted by molar-refractivity contribution is -0.139. The number of rotatable bonds is 5. The maximum absolute atomic E-state index is 11.0. The van der Waals surface area contributed by atoms with E-state index in [1.165, 1.54) is 38.5 Å². The predicted molar refractivity (Wildman–Crippen MR) is 82.1 cm³/mol. The van der Waals surface area contributed by atoms with Gasteiger partial charge in [0.15, 0.2) is 0 Å². The highest BCUT2D eigenvalue weighted by atomic mass is 32.2. The summed E-state index contributed by atoms with van der Waals surface area (Å²) in [6.07, 6.45) is 8.85. The van der Waals surface area contributed by atoms with E-state index < -0.39 is 16.8 Å². The van der Waals surface area contributed by atoms with Gasteiger partial charge in [-0.15, -0.1) is 0 Å². The van der Waals surface area contributed by atoms with E-state index in [1.54, 1.807) is 11.8 Å². The lowest BCUT2D eigenvalue weighted by Gasteiger charge is -2.34. The Morgan fingerprint density at radius 2 is 2.05 bits per heavy atom. The first-order valence-corrected chi connectivity index (χ1v) is 8.63. The van der Waals surface area contributed by atoms with Crippen LogP contribution in [0.1, 0.15) is 58.8 Å². The summed E-state index contributed by atoms with van der Waals surface area (Å²) in [7, 11) is 0. The van der Waals surface area contributed by atoms with Crippen LogP contribution in [0.2, 0.25) is 0 Å². The first-order chi connectivity index (χ1) is 9.35. The van der Waals surface area contributed by atoms with Crippen molar-refractivity contribution in [1.29, 1.82) is 0 Å². The number of thioether (sulfide) groups is 1. The number of ether oxygens (including phenoxy) is 1. The molecule has 0 bridgehead atoms. The maximum atomic E-state index is 11.0. The van der Waals surface area contributed by atoms with Crippen molar-refractivity contribution in [2.45, 2.75) is 81.3 Å². The predicted octanol–water partition coefficient (Wildman–Crippen LogP) is 2.79. The van der Waals surface area contributed by atoms with E-state index in [-0.39, 0.29) is 11.7 Å². The third kappa shape index (κ3) is 3.68. The van der Waals surface area contributed by atoms with Crippen molar-refractivity contribution < 1.29 is 14.6 Å². The van der Waals surface area contributed by atoms with E-state index in [0.717, 1.165) is 12.2 Å². The topological polar surface area (TPSA) is 72.5 Å². The smallest absolute Gasteiger partial charge is 0.321 e. The van der Waals surface area contributed by atoms with E-state index >= 15 is 0 Å². The fourth-order valence-corrected chi connectivity index (χ4v) is 4.40. The van der Waals surface area contributed by atoms with Crippen LogP contribution in [0.15, 0.2) is 0 Å². The lowest BCUT2D eigenvalue weighted by Crippen LogP contribution is -2.47.